The molecule has 0 N–H and O–H groups in total. The largest absolute Gasteiger partial charge is 0.433 e. The molecule has 0 saturated heterocycles. The Labute approximate surface area is 153 Å². The smallest absolute Gasteiger partial charge is 0.259 e. The molecule has 0 amide bonds. The van der Waals surface area contributed by atoms with Gasteiger partial charge < -0.3 is 0 Å². The van der Waals surface area contributed by atoms with Gasteiger partial charge in [0.1, 0.15) is 12.0 Å². The van der Waals surface area contributed by atoms with Gasteiger partial charge in [-0.1, -0.05) is 12.1 Å². The number of sulfone groups is 1. The molecule has 0 aliphatic carbocycles. The summed E-state index contributed by atoms with van der Waals surface area (Å²) in [4.78, 5) is 7.77. The van der Waals surface area contributed by atoms with Crippen molar-refractivity contribution in [1.29, 1.82) is 0 Å². The van der Waals surface area contributed by atoms with E-state index in [1.807, 2.05) is 0 Å². The fraction of sp³-hybridized carbons (Fsp3) is 0.235. The summed E-state index contributed by atoms with van der Waals surface area (Å²) in [5.41, 5.74) is -0.569. The molecule has 0 unspecified atom stereocenters. The molecule has 2 aromatic heterocycles. The van der Waals surface area contributed by atoms with Gasteiger partial charge in [0.25, 0.3) is 0 Å². The van der Waals surface area contributed by atoms with Gasteiger partial charge in [0.05, 0.1) is 16.2 Å². The first-order valence-electron chi connectivity index (χ1n) is 7.87. The fourth-order valence-corrected chi connectivity index (χ4v) is 3.35. The van der Waals surface area contributed by atoms with Crippen LogP contribution in [0.3, 0.4) is 0 Å². The van der Waals surface area contributed by atoms with Gasteiger partial charge in [-0.15, -0.1) is 0 Å². The van der Waals surface area contributed by atoms with Crippen LogP contribution in [0.15, 0.2) is 47.8 Å². The lowest BCUT2D eigenvalue weighted by Crippen LogP contribution is -2.15. The Balaban J connectivity index is 2.29. The highest BCUT2D eigenvalue weighted by molar-refractivity contribution is 7.90. The number of hydrogen-bond donors (Lipinski definition) is 0. The number of halogens is 3. The Morgan fingerprint density at radius 1 is 1.11 bits per heavy atom. The zero-order valence-corrected chi connectivity index (χ0v) is 15.2. The third kappa shape index (κ3) is 3.70. The second-order valence-electron chi connectivity index (χ2n) is 5.78. The van der Waals surface area contributed by atoms with Crippen LogP contribution in [0.1, 0.15) is 12.6 Å². The summed E-state index contributed by atoms with van der Waals surface area (Å²) in [5, 5.41) is 4.12. The molecule has 142 valence electrons. The number of nitrogens with zero attached hydrogens (tertiary/aromatic N) is 4. The van der Waals surface area contributed by atoms with Crippen LogP contribution in [0.5, 0.6) is 0 Å². The average molecular weight is 396 g/mol. The van der Waals surface area contributed by atoms with E-state index in [0.29, 0.717) is 5.56 Å². The van der Waals surface area contributed by atoms with Gasteiger partial charge in [-0.05, 0) is 25.1 Å². The molecular weight excluding hydrogens is 381 g/mol. The Bertz CT molecular complexity index is 1060. The quantitative estimate of drug-likeness (QED) is 0.675. The SMILES string of the molecule is CCn1nc(-c2ccc(S(C)(=O)=O)cc2)c(-c2ccncn2)c1C(F)(F)F. The number of aryl methyl sites for hydroxylation is 1. The van der Waals surface area contributed by atoms with E-state index >= 15 is 0 Å². The number of alkyl halides is 3. The molecule has 0 radical (unpaired) electrons. The van der Waals surface area contributed by atoms with E-state index in [1.54, 1.807) is 6.92 Å². The third-order valence-electron chi connectivity index (χ3n) is 3.91. The number of benzene rings is 1. The monoisotopic (exact) mass is 396 g/mol. The molecule has 0 saturated carbocycles. The standard InChI is InChI=1S/C17H15F3N4O2S/c1-3-24-16(17(18,19)20)14(13-8-9-21-10-22-13)15(23-24)11-4-6-12(7-5-11)27(2,25)26/h4-10H,3H2,1-2H3. The van der Waals surface area contributed by atoms with Crippen LogP contribution < -0.4 is 0 Å². The van der Waals surface area contributed by atoms with Gasteiger partial charge in [0, 0.05) is 24.6 Å². The van der Waals surface area contributed by atoms with Crippen molar-refractivity contribution in [3.63, 3.8) is 0 Å². The van der Waals surface area contributed by atoms with E-state index < -0.39 is 21.7 Å². The van der Waals surface area contributed by atoms with Crippen LogP contribution in [0.25, 0.3) is 22.5 Å². The summed E-state index contributed by atoms with van der Waals surface area (Å²) in [6, 6.07) is 6.92. The van der Waals surface area contributed by atoms with E-state index in [9.17, 15) is 21.6 Å². The van der Waals surface area contributed by atoms with Crippen molar-refractivity contribution >= 4 is 9.84 Å². The minimum atomic E-state index is -4.64. The van der Waals surface area contributed by atoms with Crippen LogP contribution in [0, 0.1) is 0 Å². The van der Waals surface area contributed by atoms with Gasteiger partial charge in [-0.2, -0.15) is 18.3 Å². The summed E-state index contributed by atoms with van der Waals surface area (Å²) in [7, 11) is -3.42. The van der Waals surface area contributed by atoms with E-state index in [-0.39, 0.29) is 28.4 Å². The highest BCUT2D eigenvalue weighted by atomic mass is 32.2. The highest BCUT2D eigenvalue weighted by Gasteiger charge is 2.40. The number of hydrogen-bond acceptors (Lipinski definition) is 5. The van der Waals surface area contributed by atoms with Crippen LogP contribution in [-0.4, -0.2) is 34.4 Å². The van der Waals surface area contributed by atoms with Crippen molar-refractivity contribution in [2.45, 2.75) is 24.5 Å². The molecule has 1 aromatic carbocycles. The summed E-state index contributed by atoms with van der Waals surface area (Å²) < 4.78 is 65.4. The van der Waals surface area contributed by atoms with Crippen molar-refractivity contribution < 1.29 is 21.6 Å². The lowest BCUT2D eigenvalue weighted by molar-refractivity contribution is -0.143. The van der Waals surface area contributed by atoms with Crippen LogP contribution in [-0.2, 0) is 22.6 Å². The van der Waals surface area contributed by atoms with Gasteiger partial charge >= 0.3 is 6.18 Å². The zero-order valence-electron chi connectivity index (χ0n) is 14.4. The molecule has 3 aromatic rings. The van der Waals surface area contributed by atoms with Crippen LogP contribution in [0.2, 0.25) is 0 Å². The first-order chi connectivity index (χ1) is 12.6. The Hall–Kier alpha value is -2.75. The first kappa shape index (κ1) is 19.0. The Morgan fingerprint density at radius 3 is 2.26 bits per heavy atom. The van der Waals surface area contributed by atoms with Crippen molar-refractivity contribution in [3.05, 3.63) is 48.5 Å². The van der Waals surface area contributed by atoms with Crippen LogP contribution >= 0.6 is 0 Å². The van der Waals surface area contributed by atoms with E-state index in [2.05, 4.69) is 15.1 Å². The topological polar surface area (TPSA) is 77.7 Å². The minimum Gasteiger partial charge on any atom is -0.259 e. The van der Waals surface area contributed by atoms with Crippen molar-refractivity contribution in [1.82, 2.24) is 19.7 Å². The van der Waals surface area contributed by atoms with Crippen molar-refractivity contribution in [2.75, 3.05) is 6.26 Å². The predicted molar refractivity (Wildman–Crippen MR) is 92.5 cm³/mol. The predicted octanol–water partition coefficient (Wildman–Crippen LogP) is 3.45. The van der Waals surface area contributed by atoms with Crippen molar-refractivity contribution in [3.8, 4) is 22.5 Å². The van der Waals surface area contributed by atoms with E-state index in [0.717, 1.165) is 17.3 Å². The molecule has 0 spiro atoms. The molecule has 0 aliphatic heterocycles. The van der Waals surface area contributed by atoms with E-state index in [4.69, 9.17) is 0 Å². The highest BCUT2D eigenvalue weighted by Crippen LogP contribution is 2.42. The maximum atomic E-state index is 13.7. The van der Waals surface area contributed by atoms with Gasteiger partial charge in [0.2, 0.25) is 0 Å². The molecule has 0 bridgehead atoms. The van der Waals surface area contributed by atoms with Gasteiger partial charge in [-0.3, -0.25) is 4.68 Å². The Kier molecular flexibility index (Phi) is 4.77. The second kappa shape index (κ2) is 6.76. The second-order valence-corrected chi connectivity index (χ2v) is 7.79. The zero-order chi connectivity index (χ0) is 19.8. The summed E-state index contributed by atoms with van der Waals surface area (Å²) >= 11 is 0. The maximum absolute atomic E-state index is 13.7. The van der Waals surface area contributed by atoms with Gasteiger partial charge in [-0.25, -0.2) is 18.4 Å². The summed E-state index contributed by atoms with van der Waals surface area (Å²) in [5.74, 6) is 0. The van der Waals surface area contributed by atoms with Crippen molar-refractivity contribution in [2.24, 2.45) is 0 Å². The van der Waals surface area contributed by atoms with Crippen LogP contribution in [0.4, 0.5) is 13.2 Å². The maximum Gasteiger partial charge on any atom is 0.433 e. The lowest BCUT2D eigenvalue weighted by Gasteiger charge is -2.11. The van der Waals surface area contributed by atoms with E-state index in [1.165, 1.54) is 36.5 Å². The lowest BCUT2D eigenvalue weighted by atomic mass is 10.0. The Morgan fingerprint density at radius 2 is 1.78 bits per heavy atom. The minimum absolute atomic E-state index is 0.00828. The fourth-order valence-electron chi connectivity index (χ4n) is 2.72. The molecule has 3 rings (SSSR count). The third-order valence-corrected chi connectivity index (χ3v) is 5.04. The molecule has 6 nitrogen and oxygen atoms in total. The molecule has 27 heavy (non-hydrogen) atoms. The summed E-state index contributed by atoms with van der Waals surface area (Å²) in [6.45, 7) is 1.57. The number of aromatic nitrogens is 4. The number of rotatable bonds is 4. The average Bonchev–Trinajstić information content (AvgIpc) is 3.02. The molecule has 0 fully saturated rings. The molecule has 0 aliphatic rings. The normalized spacial score (nSPS) is 12.3. The summed E-state index contributed by atoms with van der Waals surface area (Å²) in [6.07, 6.45) is -1.08. The molecule has 10 heteroatoms. The molecule has 2 heterocycles. The molecule has 0 atom stereocenters. The molecular formula is C17H15F3N4O2S. The first-order valence-corrected chi connectivity index (χ1v) is 9.77. The van der Waals surface area contributed by atoms with Gasteiger partial charge in [0.15, 0.2) is 15.5 Å².